The summed E-state index contributed by atoms with van der Waals surface area (Å²) in [4.78, 5) is 31.1. The highest BCUT2D eigenvalue weighted by Gasteiger charge is 2.36. The van der Waals surface area contributed by atoms with E-state index in [-0.39, 0.29) is 18.6 Å². The molecule has 0 saturated carbocycles. The number of aromatic nitrogens is 1. The van der Waals surface area contributed by atoms with Crippen LogP contribution in [0.5, 0.6) is 0 Å². The Hall–Kier alpha value is -3.54. The van der Waals surface area contributed by atoms with Gasteiger partial charge in [-0.3, -0.25) is 19.4 Å². The number of rotatable bonds is 5. The minimum atomic E-state index is -1.06. The van der Waals surface area contributed by atoms with E-state index < -0.39 is 23.9 Å². The molecule has 2 aromatic rings. The summed E-state index contributed by atoms with van der Waals surface area (Å²) >= 11 is 0. The normalized spacial score (nSPS) is 16.2. The fraction of sp³-hybridized carbons (Fsp3) is 0.440. The van der Waals surface area contributed by atoms with Crippen molar-refractivity contribution in [3.63, 3.8) is 0 Å². The first kappa shape index (κ1) is 26.7. The van der Waals surface area contributed by atoms with Crippen LogP contribution in [0, 0.1) is 11.3 Å². The molecule has 3 rings (SSSR count). The van der Waals surface area contributed by atoms with Crippen molar-refractivity contribution in [2.45, 2.75) is 64.9 Å². The fourth-order valence-corrected chi connectivity index (χ4v) is 3.70. The second-order valence-electron chi connectivity index (χ2n) is 9.13. The van der Waals surface area contributed by atoms with E-state index in [9.17, 15) is 19.2 Å². The Morgan fingerprint density at radius 2 is 2.03 bits per heavy atom. The number of amides is 2. The Labute approximate surface area is 199 Å². The molecule has 0 aliphatic carbocycles. The molecule has 9 heteroatoms. The van der Waals surface area contributed by atoms with Crippen molar-refractivity contribution in [2.24, 2.45) is 0 Å². The first-order chi connectivity index (χ1) is 15.6. The predicted molar refractivity (Wildman–Crippen MR) is 126 cm³/mol. The Balaban J connectivity index is 0.00000306. The molecule has 0 bridgehead atoms. The number of carbonyl (C=O) groups is 2. The summed E-state index contributed by atoms with van der Waals surface area (Å²) in [6, 6.07) is 10.2. The fourth-order valence-electron chi connectivity index (χ4n) is 3.70. The SMILES string of the molecule is CC(F)c1ccc(-c2cc(CNC(=O)C3CCCN3C(=O)OC(C)(C)C)c(C#N)cn2)cc1.F.[HH]. The molecule has 1 saturated heterocycles. The van der Waals surface area contributed by atoms with Crippen molar-refractivity contribution in [1.29, 1.82) is 5.26 Å². The van der Waals surface area contributed by atoms with Crippen molar-refractivity contribution >= 4 is 12.0 Å². The molecule has 1 aliphatic heterocycles. The van der Waals surface area contributed by atoms with Gasteiger partial charge in [0.25, 0.3) is 0 Å². The summed E-state index contributed by atoms with van der Waals surface area (Å²) in [5, 5.41) is 12.3. The molecule has 2 amide bonds. The minimum absolute atomic E-state index is 0. The molecule has 1 fully saturated rings. The zero-order chi connectivity index (χ0) is 24.2. The minimum Gasteiger partial charge on any atom is -0.444 e. The summed E-state index contributed by atoms with van der Waals surface area (Å²) in [7, 11) is 0. The van der Waals surface area contributed by atoms with E-state index in [2.05, 4.69) is 16.4 Å². The van der Waals surface area contributed by atoms with Gasteiger partial charge in [0.1, 0.15) is 23.9 Å². The van der Waals surface area contributed by atoms with Crippen LogP contribution in [0.4, 0.5) is 13.9 Å². The van der Waals surface area contributed by atoms with Crippen LogP contribution in [0.15, 0.2) is 36.5 Å². The average molecular weight is 475 g/mol. The van der Waals surface area contributed by atoms with Crippen LogP contribution in [0.2, 0.25) is 0 Å². The molecule has 1 aromatic carbocycles. The molecule has 0 radical (unpaired) electrons. The van der Waals surface area contributed by atoms with Gasteiger partial charge in [-0.2, -0.15) is 5.26 Å². The molecule has 1 N–H and O–H groups in total. The largest absolute Gasteiger partial charge is 0.444 e. The first-order valence-corrected chi connectivity index (χ1v) is 11.0. The molecular weight excluding hydrogens is 442 g/mol. The number of pyridine rings is 1. The van der Waals surface area contributed by atoms with Crippen molar-refractivity contribution in [3.05, 3.63) is 53.2 Å². The molecule has 2 heterocycles. The van der Waals surface area contributed by atoms with Gasteiger partial charge in [-0.05, 0) is 57.7 Å². The number of alkyl halides is 1. The zero-order valence-electron chi connectivity index (χ0n) is 19.8. The van der Waals surface area contributed by atoms with Crippen LogP contribution >= 0.6 is 0 Å². The number of nitrogens with one attached hydrogen (secondary N) is 1. The van der Waals surface area contributed by atoms with Crippen LogP contribution in [0.3, 0.4) is 0 Å². The third-order valence-electron chi connectivity index (χ3n) is 5.41. The number of carbonyl (C=O) groups excluding carboxylic acids is 2. The highest BCUT2D eigenvalue weighted by atomic mass is 19.1. The van der Waals surface area contributed by atoms with Gasteiger partial charge in [0.05, 0.1) is 11.3 Å². The Morgan fingerprint density at radius 1 is 1.35 bits per heavy atom. The van der Waals surface area contributed by atoms with Gasteiger partial charge in [-0.15, -0.1) is 0 Å². The van der Waals surface area contributed by atoms with Crippen LogP contribution < -0.4 is 5.32 Å². The molecule has 2 unspecified atom stereocenters. The van der Waals surface area contributed by atoms with Crippen molar-refractivity contribution in [3.8, 4) is 17.3 Å². The maximum Gasteiger partial charge on any atom is 0.410 e. The second kappa shape index (κ2) is 11.1. The van der Waals surface area contributed by atoms with Gasteiger partial charge < -0.3 is 10.1 Å². The van der Waals surface area contributed by atoms with Crippen molar-refractivity contribution < 1.29 is 24.8 Å². The number of likely N-dealkylation sites (tertiary alicyclic amines) is 1. The summed E-state index contributed by atoms with van der Waals surface area (Å²) in [5.41, 5.74) is 2.29. The molecule has 7 nitrogen and oxygen atoms in total. The third-order valence-corrected chi connectivity index (χ3v) is 5.41. The predicted octanol–water partition coefficient (Wildman–Crippen LogP) is 5.06. The summed E-state index contributed by atoms with van der Waals surface area (Å²) in [6.07, 6.45) is 1.17. The summed E-state index contributed by atoms with van der Waals surface area (Å²) in [6.45, 7) is 7.41. The monoisotopic (exact) mass is 474 g/mol. The number of hydrogen-bond donors (Lipinski definition) is 1. The van der Waals surface area contributed by atoms with Crippen LogP contribution in [-0.2, 0) is 16.1 Å². The van der Waals surface area contributed by atoms with Gasteiger partial charge >= 0.3 is 6.09 Å². The maximum atomic E-state index is 13.5. The highest BCUT2D eigenvalue weighted by molar-refractivity contribution is 5.86. The second-order valence-corrected chi connectivity index (χ2v) is 9.13. The quantitative estimate of drug-likeness (QED) is 0.653. The van der Waals surface area contributed by atoms with Crippen LogP contribution in [0.1, 0.15) is 64.8 Å². The van der Waals surface area contributed by atoms with Crippen molar-refractivity contribution in [1.82, 2.24) is 15.2 Å². The molecule has 34 heavy (non-hydrogen) atoms. The maximum absolute atomic E-state index is 13.5. The lowest BCUT2D eigenvalue weighted by Gasteiger charge is -2.28. The van der Waals surface area contributed by atoms with Gasteiger partial charge in [-0.1, -0.05) is 24.3 Å². The standard InChI is InChI=1S/C25H29FN4O3.FH.H2/c1-16(26)17-7-9-18(10-8-17)21-12-19(20(13-27)15-28-21)14-29-23(31)22-6-5-11-30(22)24(32)33-25(2,3)4;;/h7-10,12,15-16,22H,5-6,11,14H2,1-4H3,(H,29,31);2*1H. The summed E-state index contributed by atoms with van der Waals surface area (Å²) < 4.78 is 18.9. The van der Waals surface area contributed by atoms with E-state index in [1.807, 2.05) is 0 Å². The molecule has 184 valence electrons. The topological polar surface area (TPSA) is 95.3 Å². The molecule has 1 aromatic heterocycles. The van der Waals surface area contributed by atoms with E-state index in [4.69, 9.17) is 4.74 Å². The number of nitrogens with zero attached hydrogens (tertiary/aromatic N) is 3. The highest BCUT2D eigenvalue weighted by Crippen LogP contribution is 2.24. The van der Waals surface area contributed by atoms with E-state index >= 15 is 0 Å². The van der Waals surface area contributed by atoms with Gasteiger partial charge in [0.15, 0.2) is 0 Å². The number of hydrogen-bond acceptors (Lipinski definition) is 5. The number of ether oxygens (including phenoxy) is 1. The molecular formula is C25H32F2N4O3. The third kappa shape index (κ3) is 6.50. The Morgan fingerprint density at radius 3 is 2.62 bits per heavy atom. The lowest BCUT2D eigenvalue weighted by atomic mass is 10.0. The zero-order valence-corrected chi connectivity index (χ0v) is 19.8. The average Bonchev–Trinajstić information content (AvgIpc) is 3.26. The molecule has 0 spiro atoms. The number of nitriles is 1. The molecule has 2 atom stereocenters. The van der Waals surface area contributed by atoms with Crippen molar-refractivity contribution in [2.75, 3.05) is 6.54 Å². The lowest BCUT2D eigenvalue weighted by Crippen LogP contribution is -2.47. The van der Waals surface area contributed by atoms with E-state index in [1.54, 1.807) is 51.1 Å². The van der Waals surface area contributed by atoms with E-state index in [0.717, 1.165) is 5.56 Å². The first-order valence-electron chi connectivity index (χ1n) is 11.0. The Kier molecular flexibility index (Phi) is 8.68. The number of benzene rings is 1. The van der Waals surface area contributed by atoms with Gasteiger partial charge in [0.2, 0.25) is 5.91 Å². The Bertz CT molecular complexity index is 1070. The summed E-state index contributed by atoms with van der Waals surface area (Å²) in [5.74, 6) is -0.290. The molecule has 1 aliphatic rings. The van der Waals surface area contributed by atoms with Crippen LogP contribution in [-0.4, -0.2) is 40.1 Å². The van der Waals surface area contributed by atoms with Crippen LogP contribution in [0.25, 0.3) is 11.3 Å². The van der Waals surface area contributed by atoms with Gasteiger partial charge in [-0.25, -0.2) is 9.18 Å². The van der Waals surface area contributed by atoms with E-state index in [0.29, 0.717) is 41.8 Å². The lowest BCUT2D eigenvalue weighted by molar-refractivity contribution is -0.125. The smallest absolute Gasteiger partial charge is 0.410 e. The number of halogens is 2. The van der Waals surface area contributed by atoms with Gasteiger partial charge in [0, 0.05) is 26.3 Å². The van der Waals surface area contributed by atoms with E-state index in [1.165, 1.54) is 18.0 Å².